The average molecular weight is 501 g/mol. The third-order valence-electron chi connectivity index (χ3n) is 4.84. The molecule has 2 rings (SSSR count). The summed E-state index contributed by atoms with van der Waals surface area (Å²) in [6.45, 7) is 9.12. The van der Waals surface area contributed by atoms with Gasteiger partial charge in [0.2, 0.25) is 10.0 Å². The standard InChI is InChI=1S/C17H35N5O2S.HI/c1-5-18-16(19-13-17(2,3)21-25(4,23)24)20-14-10-11-22(12-14)15-8-6-7-9-15;/h14-15,21H,5-13H2,1-4H3,(H2,18,19,20);1H. The van der Waals surface area contributed by atoms with E-state index in [1.165, 1.54) is 31.9 Å². The van der Waals surface area contributed by atoms with Crippen LogP contribution in [-0.4, -0.2) is 69.3 Å². The van der Waals surface area contributed by atoms with E-state index >= 15 is 0 Å². The molecule has 26 heavy (non-hydrogen) atoms. The summed E-state index contributed by atoms with van der Waals surface area (Å²) in [4.78, 5) is 7.22. The second-order valence-electron chi connectivity index (χ2n) is 8.02. The summed E-state index contributed by atoms with van der Waals surface area (Å²) < 4.78 is 25.6. The van der Waals surface area contributed by atoms with Crippen molar-refractivity contribution in [2.45, 2.75) is 70.5 Å². The predicted octanol–water partition coefficient (Wildman–Crippen LogP) is 1.50. The van der Waals surface area contributed by atoms with Crippen molar-refractivity contribution in [3.63, 3.8) is 0 Å². The zero-order valence-corrected chi connectivity index (χ0v) is 19.7. The second kappa shape index (κ2) is 10.4. The second-order valence-corrected chi connectivity index (χ2v) is 9.76. The van der Waals surface area contributed by atoms with E-state index in [2.05, 4.69) is 25.2 Å². The van der Waals surface area contributed by atoms with Crippen molar-refractivity contribution in [2.24, 2.45) is 4.99 Å². The summed E-state index contributed by atoms with van der Waals surface area (Å²) in [5.41, 5.74) is -0.610. The van der Waals surface area contributed by atoms with Crippen LogP contribution in [0.25, 0.3) is 0 Å². The van der Waals surface area contributed by atoms with Crippen LogP contribution in [0.2, 0.25) is 0 Å². The molecule has 0 aromatic heterocycles. The van der Waals surface area contributed by atoms with Crippen LogP contribution in [-0.2, 0) is 10.0 Å². The first kappa shape index (κ1) is 23.9. The molecule has 1 saturated carbocycles. The van der Waals surface area contributed by atoms with Gasteiger partial charge in [-0.25, -0.2) is 13.1 Å². The first-order valence-corrected chi connectivity index (χ1v) is 11.4. The molecule has 0 amide bonds. The van der Waals surface area contributed by atoms with E-state index in [4.69, 9.17) is 0 Å². The highest BCUT2D eigenvalue weighted by atomic mass is 127. The highest BCUT2D eigenvalue weighted by Gasteiger charge is 2.30. The van der Waals surface area contributed by atoms with Crippen LogP contribution in [0.4, 0.5) is 0 Å². The molecule has 0 bridgehead atoms. The fourth-order valence-electron chi connectivity index (χ4n) is 3.83. The van der Waals surface area contributed by atoms with Crippen LogP contribution < -0.4 is 15.4 Å². The minimum absolute atomic E-state index is 0. The lowest BCUT2D eigenvalue weighted by Crippen LogP contribution is -2.48. The van der Waals surface area contributed by atoms with E-state index < -0.39 is 15.6 Å². The predicted molar refractivity (Wildman–Crippen MR) is 119 cm³/mol. The van der Waals surface area contributed by atoms with Gasteiger partial charge in [0.05, 0.1) is 12.8 Å². The van der Waals surface area contributed by atoms with Gasteiger partial charge in [-0.3, -0.25) is 9.89 Å². The molecule has 0 spiro atoms. The van der Waals surface area contributed by atoms with Crippen molar-refractivity contribution in [3.8, 4) is 0 Å². The van der Waals surface area contributed by atoms with E-state index in [1.807, 2.05) is 20.8 Å². The van der Waals surface area contributed by atoms with Crippen molar-refractivity contribution in [2.75, 3.05) is 32.4 Å². The molecule has 1 saturated heterocycles. The monoisotopic (exact) mass is 501 g/mol. The Balaban J connectivity index is 0.00000338. The molecular formula is C17H36IN5O2S. The lowest BCUT2D eigenvalue weighted by atomic mass is 10.1. The minimum Gasteiger partial charge on any atom is -0.357 e. The summed E-state index contributed by atoms with van der Waals surface area (Å²) in [5.74, 6) is 0.768. The first-order valence-electron chi connectivity index (χ1n) is 9.46. The molecule has 154 valence electrons. The van der Waals surface area contributed by atoms with E-state index in [0.717, 1.165) is 38.1 Å². The number of likely N-dealkylation sites (tertiary alicyclic amines) is 1. The number of rotatable bonds is 7. The number of guanidine groups is 1. The highest BCUT2D eigenvalue weighted by molar-refractivity contribution is 14.0. The maximum Gasteiger partial charge on any atom is 0.209 e. The molecular weight excluding hydrogens is 465 g/mol. The third kappa shape index (κ3) is 8.26. The van der Waals surface area contributed by atoms with Gasteiger partial charge in [-0.15, -0.1) is 24.0 Å². The van der Waals surface area contributed by atoms with Crippen molar-refractivity contribution in [1.82, 2.24) is 20.3 Å². The summed E-state index contributed by atoms with van der Waals surface area (Å²) in [5, 5.41) is 6.80. The SMILES string of the molecule is CCNC(=NCC(C)(C)NS(C)(=O)=O)NC1CCN(C2CCCC2)C1.I. The maximum absolute atomic E-state index is 11.5. The number of halogens is 1. The van der Waals surface area contributed by atoms with Gasteiger partial charge < -0.3 is 10.6 Å². The zero-order chi connectivity index (χ0) is 18.5. The summed E-state index contributed by atoms with van der Waals surface area (Å²) >= 11 is 0. The molecule has 1 aliphatic carbocycles. The van der Waals surface area contributed by atoms with E-state index in [0.29, 0.717) is 12.6 Å². The Labute approximate surface area is 176 Å². The number of aliphatic imine (C=N–C) groups is 1. The quantitative estimate of drug-likeness (QED) is 0.280. The Hall–Kier alpha value is -0.130. The van der Waals surface area contributed by atoms with Crippen molar-refractivity contribution >= 4 is 40.0 Å². The molecule has 1 unspecified atom stereocenters. The third-order valence-corrected chi connectivity index (χ3v) is 5.76. The lowest BCUT2D eigenvalue weighted by molar-refractivity contribution is 0.242. The Morgan fingerprint density at radius 2 is 1.88 bits per heavy atom. The zero-order valence-electron chi connectivity index (χ0n) is 16.5. The van der Waals surface area contributed by atoms with Gasteiger partial charge >= 0.3 is 0 Å². The van der Waals surface area contributed by atoms with Crippen LogP contribution in [0.3, 0.4) is 0 Å². The van der Waals surface area contributed by atoms with Gasteiger partial charge in [0, 0.05) is 37.3 Å². The Morgan fingerprint density at radius 1 is 1.23 bits per heavy atom. The number of nitrogens with zero attached hydrogens (tertiary/aromatic N) is 2. The normalized spacial score (nSPS) is 23.1. The Kier molecular flexibility index (Phi) is 9.59. The molecule has 1 aliphatic heterocycles. The molecule has 0 aromatic rings. The van der Waals surface area contributed by atoms with E-state index in [9.17, 15) is 8.42 Å². The van der Waals surface area contributed by atoms with Gasteiger partial charge in [0.25, 0.3) is 0 Å². The average Bonchev–Trinajstić information content (AvgIpc) is 3.13. The van der Waals surface area contributed by atoms with Crippen LogP contribution in [0.1, 0.15) is 52.9 Å². The van der Waals surface area contributed by atoms with Crippen molar-refractivity contribution < 1.29 is 8.42 Å². The summed E-state index contributed by atoms with van der Waals surface area (Å²) in [6, 6.07) is 1.17. The van der Waals surface area contributed by atoms with Crippen molar-refractivity contribution in [1.29, 1.82) is 0 Å². The Bertz CT molecular complexity index is 562. The van der Waals surface area contributed by atoms with Crippen LogP contribution in [0.5, 0.6) is 0 Å². The molecule has 2 aliphatic rings. The minimum atomic E-state index is -3.25. The highest BCUT2D eigenvalue weighted by Crippen LogP contribution is 2.26. The van der Waals surface area contributed by atoms with E-state index in [-0.39, 0.29) is 24.0 Å². The molecule has 3 N–H and O–H groups in total. The van der Waals surface area contributed by atoms with Gasteiger partial charge in [-0.1, -0.05) is 12.8 Å². The molecule has 9 heteroatoms. The number of sulfonamides is 1. The smallest absolute Gasteiger partial charge is 0.209 e. The lowest BCUT2D eigenvalue weighted by Gasteiger charge is -2.25. The number of nitrogens with one attached hydrogen (secondary N) is 3. The molecule has 0 radical (unpaired) electrons. The fourth-order valence-corrected chi connectivity index (χ4v) is 4.90. The number of hydrogen-bond acceptors (Lipinski definition) is 4. The van der Waals surface area contributed by atoms with E-state index in [1.54, 1.807) is 0 Å². The molecule has 0 aromatic carbocycles. The summed E-state index contributed by atoms with van der Waals surface area (Å²) in [7, 11) is -3.25. The van der Waals surface area contributed by atoms with Gasteiger partial charge in [-0.2, -0.15) is 0 Å². The van der Waals surface area contributed by atoms with Gasteiger partial charge in [0.15, 0.2) is 5.96 Å². The van der Waals surface area contributed by atoms with Crippen molar-refractivity contribution in [3.05, 3.63) is 0 Å². The van der Waals surface area contributed by atoms with Crippen LogP contribution in [0.15, 0.2) is 4.99 Å². The number of hydrogen-bond donors (Lipinski definition) is 3. The molecule has 1 atom stereocenters. The van der Waals surface area contributed by atoms with Crippen LogP contribution >= 0.6 is 24.0 Å². The molecule has 7 nitrogen and oxygen atoms in total. The van der Waals surface area contributed by atoms with Gasteiger partial charge in [-0.05, 0) is 40.0 Å². The topological polar surface area (TPSA) is 85.8 Å². The molecule has 1 heterocycles. The summed E-state index contributed by atoms with van der Waals surface area (Å²) in [6.07, 6.45) is 7.72. The largest absolute Gasteiger partial charge is 0.357 e. The van der Waals surface area contributed by atoms with Gasteiger partial charge in [0.1, 0.15) is 0 Å². The first-order chi connectivity index (χ1) is 11.7. The maximum atomic E-state index is 11.5. The fraction of sp³-hybridized carbons (Fsp3) is 0.941. The molecule has 2 fully saturated rings. The van der Waals surface area contributed by atoms with Crippen LogP contribution in [0, 0.1) is 0 Å². The Morgan fingerprint density at radius 3 is 2.46 bits per heavy atom.